The van der Waals surface area contributed by atoms with Crippen LogP contribution in [0, 0.1) is 10.1 Å². The van der Waals surface area contributed by atoms with Gasteiger partial charge in [-0.05, 0) is 18.1 Å². The van der Waals surface area contributed by atoms with E-state index in [2.05, 4.69) is 17.3 Å². The first-order valence-electron chi connectivity index (χ1n) is 7.06. The van der Waals surface area contributed by atoms with Crippen molar-refractivity contribution in [1.29, 1.82) is 0 Å². The molecule has 0 fully saturated rings. The third kappa shape index (κ3) is 4.13. The van der Waals surface area contributed by atoms with Crippen molar-refractivity contribution in [1.82, 2.24) is 15.1 Å². The molecule has 1 atom stereocenters. The van der Waals surface area contributed by atoms with Crippen molar-refractivity contribution in [3.8, 4) is 0 Å². The van der Waals surface area contributed by atoms with Gasteiger partial charge in [0.1, 0.15) is 0 Å². The molecule has 0 spiro atoms. The Morgan fingerprint density at radius 3 is 2.86 bits per heavy atom. The minimum Gasteiger partial charge on any atom is -0.310 e. The fraction of sp³-hybridized carbons (Fsp3) is 0.400. The summed E-state index contributed by atoms with van der Waals surface area (Å²) in [6.07, 6.45) is 3.64. The average Bonchev–Trinajstić information content (AvgIpc) is 2.89. The van der Waals surface area contributed by atoms with Gasteiger partial charge in [0.15, 0.2) is 0 Å². The molecule has 112 valence electrons. The van der Waals surface area contributed by atoms with Gasteiger partial charge in [0.25, 0.3) is 5.69 Å². The molecule has 1 aromatic heterocycles. The van der Waals surface area contributed by atoms with Gasteiger partial charge < -0.3 is 5.32 Å². The fourth-order valence-electron chi connectivity index (χ4n) is 2.32. The minimum absolute atomic E-state index is 0.119. The molecule has 1 aromatic carbocycles. The number of non-ortho nitro benzene ring substituents is 1. The van der Waals surface area contributed by atoms with Gasteiger partial charge in [-0.2, -0.15) is 5.10 Å². The molecule has 2 rings (SSSR count). The van der Waals surface area contributed by atoms with Crippen molar-refractivity contribution < 1.29 is 4.92 Å². The second kappa shape index (κ2) is 6.99. The van der Waals surface area contributed by atoms with E-state index >= 15 is 0 Å². The van der Waals surface area contributed by atoms with Crippen LogP contribution in [-0.2, 0) is 13.5 Å². The number of nitro benzene ring substituents is 1. The van der Waals surface area contributed by atoms with Crippen LogP contribution in [0.2, 0.25) is 0 Å². The van der Waals surface area contributed by atoms with Gasteiger partial charge in [0, 0.05) is 44.4 Å². The molecule has 1 unspecified atom stereocenters. The molecule has 0 amide bonds. The number of benzene rings is 1. The summed E-state index contributed by atoms with van der Waals surface area (Å²) in [7, 11) is 1.90. The zero-order valence-corrected chi connectivity index (χ0v) is 12.3. The molecule has 2 aromatic rings. The lowest BCUT2D eigenvalue weighted by Crippen LogP contribution is -2.23. The van der Waals surface area contributed by atoms with Gasteiger partial charge in [-0.1, -0.05) is 19.1 Å². The number of hydrogen-bond donors (Lipinski definition) is 1. The Hall–Kier alpha value is -2.21. The molecule has 1 heterocycles. The Bertz CT molecular complexity index is 609. The summed E-state index contributed by atoms with van der Waals surface area (Å²) in [5.41, 5.74) is 2.13. The van der Waals surface area contributed by atoms with Gasteiger partial charge >= 0.3 is 0 Å². The molecule has 0 aliphatic rings. The van der Waals surface area contributed by atoms with Crippen LogP contribution in [-0.4, -0.2) is 21.2 Å². The van der Waals surface area contributed by atoms with E-state index < -0.39 is 0 Å². The molecule has 0 aliphatic carbocycles. The summed E-state index contributed by atoms with van der Waals surface area (Å²) in [5, 5.41) is 18.6. The van der Waals surface area contributed by atoms with Crippen LogP contribution < -0.4 is 5.32 Å². The van der Waals surface area contributed by atoms with Gasteiger partial charge in [0.05, 0.1) is 10.6 Å². The second-order valence-electron chi connectivity index (χ2n) is 5.00. The van der Waals surface area contributed by atoms with E-state index in [9.17, 15) is 10.1 Å². The minimum atomic E-state index is -0.357. The SMILES string of the molecule is CCC(NCCc1ccn(C)n1)c1cccc([N+](=O)[O-])c1. The first-order chi connectivity index (χ1) is 10.1. The van der Waals surface area contributed by atoms with Gasteiger partial charge in [0.2, 0.25) is 0 Å². The van der Waals surface area contributed by atoms with Crippen molar-refractivity contribution in [2.75, 3.05) is 6.54 Å². The van der Waals surface area contributed by atoms with Crippen LogP contribution in [0.3, 0.4) is 0 Å². The number of aryl methyl sites for hydroxylation is 1. The highest BCUT2D eigenvalue weighted by Gasteiger charge is 2.13. The van der Waals surface area contributed by atoms with Crippen LogP contribution in [0.4, 0.5) is 5.69 Å². The third-order valence-electron chi connectivity index (χ3n) is 3.43. The molecule has 21 heavy (non-hydrogen) atoms. The Balaban J connectivity index is 1.96. The Labute approximate surface area is 123 Å². The van der Waals surface area contributed by atoms with Crippen LogP contribution in [0.1, 0.15) is 30.6 Å². The van der Waals surface area contributed by atoms with E-state index in [1.807, 2.05) is 25.4 Å². The summed E-state index contributed by atoms with van der Waals surface area (Å²) in [4.78, 5) is 10.5. The standard InChI is InChI=1S/C15H20N4O2/c1-3-15(12-5-4-6-14(11-12)19(20)21)16-9-7-13-8-10-18(2)17-13/h4-6,8,10-11,15-16H,3,7,9H2,1-2H3. The maximum Gasteiger partial charge on any atom is 0.269 e. The van der Waals surface area contributed by atoms with Crippen molar-refractivity contribution >= 4 is 5.69 Å². The number of rotatable bonds is 7. The molecule has 0 radical (unpaired) electrons. The smallest absolute Gasteiger partial charge is 0.269 e. The summed E-state index contributed by atoms with van der Waals surface area (Å²) in [6.45, 7) is 2.86. The molecular formula is C15H20N4O2. The van der Waals surface area contributed by atoms with E-state index in [1.165, 1.54) is 6.07 Å². The van der Waals surface area contributed by atoms with Crippen LogP contribution >= 0.6 is 0 Å². The Kier molecular flexibility index (Phi) is 5.05. The number of nitrogens with zero attached hydrogens (tertiary/aromatic N) is 3. The predicted octanol–water partition coefficient (Wildman–Crippen LogP) is 2.61. The second-order valence-corrected chi connectivity index (χ2v) is 5.00. The Morgan fingerprint density at radius 2 is 2.24 bits per heavy atom. The van der Waals surface area contributed by atoms with E-state index in [0.29, 0.717) is 0 Å². The molecule has 0 saturated heterocycles. The van der Waals surface area contributed by atoms with E-state index in [4.69, 9.17) is 0 Å². The Morgan fingerprint density at radius 1 is 1.43 bits per heavy atom. The summed E-state index contributed by atoms with van der Waals surface area (Å²) in [5.74, 6) is 0. The quantitative estimate of drug-likeness (QED) is 0.628. The van der Waals surface area contributed by atoms with Crippen molar-refractivity contribution in [2.45, 2.75) is 25.8 Å². The largest absolute Gasteiger partial charge is 0.310 e. The van der Waals surface area contributed by atoms with Gasteiger partial charge in [-0.3, -0.25) is 14.8 Å². The highest BCUT2D eigenvalue weighted by atomic mass is 16.6. The first kappa shape index (κ1) is 15.2. The molecular weight excluding hydrogens is 268 g/mol. The zero-order valence-electron chi connectivity index (χ0n) is 12.3. The molecule has 1 N–H and O–H groups in total. The maximum atomic E-state index is 10.8. The molecule has 0 bridgehead atoms. The highest BCUT2D eigenvalue weighted by molar-refractivity contribution is 5.35. The lowest BCUT2D eigenvalue weighted by atomic mass is 10.0. The highest BCUT2D eigenvalue weighted by Crippen LogP contribution is 2.21. The van der Waals surface area contributed by atoms with E-state index in [1.54, 1.807) is 16.8 Å². The topological polar surface area (TPSA) is 73.0 Å². The van der Waals surface area contributed by atoms with Crippen molar-refractivity contribution in [2.24, 2.45) is 7.05 Å². The number of nitrogens with one attached hydrogen (secondary N) is 1. The number of hydrogen-bond acceptors (Lipinski definition) is 4. The lowest BCUT2D eigenvalue weighted by Gasteiger charge is -2.17. The number of nitro groups is 1. The summed E-state index contributed by atoms with van der Waals surface area (Å²) >= 11 is 0. The normalized spacial score (nSPS) is 12.3. The van der Waals surface area contributed by atoms with Crippen molar-refractivity contribution in [3.63, 3.8) is 0 Å². The fourth-order valence-corrected chi connectivity index (χ4v) is 2.32. The molecule has 0 aliphatic heterocycles. The summed E-state index contributed by atoms with van der Waals surface area (Å²) < 4.78 is 1.78. The molecule has 0 saturated carbocycles. The van der Waals surface area contributed by atoms with Gasteiger partial charge in [-0.25, -0.2) is 0 Å². The monoisotopic (exact) mass is 288 g/mol. The first-order valence-corrected chi connectivity index (χ1v) is 7.06. The van der Waals surface area contributed by atoms with Crippen LogP contribution in [0.5, 0.6) is 0 Å². The lowest BCUT2D eigenvalue weighted by molar-refractivity contribution is -0.384. The van der Waals surface area contributed by atoms with E-state index in [-0.39, 0.29) is 16.7 Å². The van der Waals surface area contributed by atoms with Gasteiger partial charge in [-0.15, -0.1) is 0 Å². The van der Waals surface area contributed by atoms with E-state index in [0.717, 1.165) is 30.6 Å². The van der Waals surface area contributed by atoms with Crippen molar-refractivity contribution in [3.05, 3.63) is 57.9 Å². The third-order valence-corrected chi connectivity index (χ3v) is 3.43. The van der Waals surface area contributed by atoms with Crippen LogP contribution in [0.25, 0.3) is 0 Å². The predicted molar refractivity (Wildman–Crippen MR) is 81.0 cm³/mol. The summed E-state index contributed by atoms with van der Waals surface area (Å²) in [6, 6.07) is 8.93. The molecule has 6 heteroatoms. The maximum absolute atomic E-state index is 10.8. The molecule has 6 nitrogen and oxygen atoms in total. The number of aromatic nitrogens is 2. The average molecular weight is 288 g/mol. The zero-order chi connectivity index (χ0) is 15.2. The van der Waals surface area contributed by atoms with Crippen LogP contribution in [0.15, 0.2) is 36.5 Å².